The third-order valence-electron chi connectivity index (χ3n) is 4.25. The first-order valence-electron chi connectivity index (χ1n) is 9.79. The molecule has 0 spiro atoms. The van der Waals surface area contributed by atoms with Crippen LogP contribution in [-0.2, 0) is 0 Å². The minimum absolute atomic E-state index is 0. The van der Waals surface area contributed by atoms with Gasteiger partial charge in [-0.3, -0.25) is 0 Å². The molecule has 140 valence electrons. The topological polar surface area (TPSA) is 3.24 Å². The van der Waals surface area contributed by atoms with Gasteiger partial charge in [-0.2, -0.15) is 0 Å². The van der Waals surface area contributed by atoms with Gasteiger partial charge in [-0.25, -0.2) is 0 Å². The van der Waals surface area contributed by atoms with Crippen LogP contribution in [0, 0.1) is 0 Å². The SMILES string of the molecule is CCCCCCCSC(=S)N(CCCCCCC)c1ccccc1.[Ba+2].[H-].[H-]. The minimum atomic E-state index is 0. The predicted octanol–water partition coefficient (Wildman–Crippen LogP) is 7.30. The van der Waals surface area contributed by atoms with Crippen LogP contribution in [0.15, 0.2) is 30.3 Å². The van der Waals surface area contributed by atoms with E-state index in [1.54, 1.807) is 0 Å². The predicted molar refractivity (Wildman–Crippen MR) is 124 cm³/mol. The molecule has 25 heavy (non-hydrogen) atoms. The summed E-state index contributed by atoms with van der Waals surface area (Å²) in [5.41, 5.74) is 1.25. The maximum atomic E-state index is 5.75. The number of nitrogens with zero attached hydrogens (tertiary/aromatic N) is 1. The third kappa shape index (κ3) is 12.9. The van der Waals surface area contributed by atoms with Gasteiger partial charge in [0.15, 0.2) is 0 Å². The van der Waals surface area contributed by atoms with Crippen LogP contribution in [0.1, 0.15) is 80.9 Å². The van der Waals surface area contributed by atoms with Crippen LogP contribution in [0.2, 0.25) is 0 Å². The first-order chi connectivity index (χ1) is 11.8. The summed E-state index contributed by atoms with van der Waals surface area (Å²) in [6.45, 7) is 5.58. The molecule has 1 rings (SSSR count). The molecule has 1 aromatic rings. The fraction of sp³-hybridized carbons (Fsp3) is 0.667. The van der Waals surface area contributed by atoms with E-state index < -0.39 is 0 Å². The molecule has 0 atom stereocenters. The molecule has 0 saturated heterocycles. The van der Waals surface area contributed by atoms with Crippen molar-refractivity contribution in [1.29, 1.82) is 0 Å². The molecule has 0 bridgehead atoms. The molecular weight excluding hydrogens is 468 g/mol. The first-order valence-corrected chi connectivity index (χ1v) is 11.2. The van der Waals surface area contributed by atoms with Gasteiger partial charge in [0, 0.05) is 18.0 Å². The van der Waals surface area contributed by atoms with Gasteiger partial charge in [-0.15, -0.1) is 0 Å². The maximum Gasteiger partial charge on any atom is 2.00 e. The zero-order chi connectivity index (χ0) is 17.5. The molecule has 0 fully saturated rings. The van der Waals surface area contributed by atoms with E-state index in [1.165, 1.54) is 69.9 Å². The van der Waals surface area contributed by atoms with Crippen LogP contribution in [0.5, 0.6) is 0 Å². The average molecular weight is 505 g/mol. The first kappa shape index (κ1) is 26.0. The molecule has 0 unspecified atom stereocenters. The molecule has 0 N–H and O–H groups in total. The smallest absolute Gasteiger partial charge is 1.00 e. The van der Waals surface area contributed by atoms with Crippen molar-refractivity contribution in [3.63, 3.8) is 0 Å². The molecule has 0 saturated carbocycles. The maximum absolute atomic E-state index is 5.75. The molecule has 1 aromatic carbocycles. The van der Waals surface area contributed by atoms with Crippen LogP contribution in [0.25, 0.3) is 0 Å². The van der Waals surface area contributed by atoms with Crippen molar-refractivity contribution in [3.8, 4) is 0 Å². The molecular formula is C21H37BaNS2. The summed E-state index contributed by atoms with van der Waals surface area (Å²) in [6.07, 6.45) is 13.2. The van der Waals surface area contributed by atoms with Crippen LogP contribution in [0.3, 0.4) is 0 Å². The number of para-hydroxylation sites is 1. The fourth-order valence-electron chi connectivity index (χ4n) is 2.75. The summed E-state index contributed by atoms with van der Waals surface area (Å²) >= 11 is 7.61. The largest absolute Gasteiger partial charge is 2.00 e. The van der Waals surface area contributed by atoms with E-state index >= 15 is 0 Å². The molecule has 0 heterocycles. The van der Waals surface area contributed by atoms with Crippen molar-refractivity contribution < 1.29 is 2.85 Å². The van der Waals surface area contributed by atoms with E-state index in [1.807, 2.05) is 11.8 Å². The van der Waals surface area contributed by atoms with Gasteiger partial charge in [-0.05, 0) is 25.0 Å². The second-order valence-electron chi connectivity index (χ2n) is 6.43. The molecule has 0 radical (unpaired) electrons. The molecule has 1 nitrogen and oxygen atoms in total. The molecule has 0 aliphatic carbocycles. The van der Waals surface area contributed by atoms with Crippen molar-refractivity contribution >= 4 is 82.9 Å². The standard InChI is InChI=1S/C21H35NS2.Ba.2H/c1-3-5-7-9-14-18-22(20-16-12-11-13-17-20)21(23)24-19-15-10-8-6-4-2;;;/h11-13,16-17H,3-10,14-15,18-19H2,1-2H3;;;/q;+2;2*-1. The zero-order valence-electron chi connectivity index (χ0n) is 18.3. The zero-order valence-corrected chi connectivity index (χ0v) is 22.4. The Kier molecular flexibility index (Phi) is 19.2. The Bertz CT molecular complexity index is 435. The summed E-state index contributed by atoms with van der Waals surface area (Å²) in [5, 5.41) is 0. The Morgan fingerprint density at radius 3 is 2.04 bits per heavy atom. The molecule has 0 aromatic heterocycles. The van der Waals surface area contributed by atoms with Gasteiger partial charge in [0.1, 0.15) is 4.32 Å². The van der Waals surface area contributed by atoms with Crippen LogP contribution < -0.4 is 4.90 Å². The number of thioether (sulfide) groups is 1. The Labute approximate surface area is 209 Å². The van der Waals surface area contributed by atoms with Gasteiger partial charge in [0.2, 0.25) is 0 Å². The second kappa shape index (κ2) is 18.4. The number of anilines is 1. The average Bonchev–Trinajstić information content (AvgIpc) is 2.61. The Morgan fingerprint density at radius 1 is 0.880 bits per heavy atom. The number of thiocarbonyl (C=S) groups is 1. The van der Waals surface area contributed by atoms with Gasteiger partial charge < -0.3 is 7.75 Å². The van der Waals surface area contributed by atoms with Crippen molar-refractivity contribution in [2.45, 2.75) is 78.1 Å². The normalized spacial score (nSPS) is 10.3. The minimum Gasteiger partial charge on any atom is -1.00 e. The number of hydrogen-bond acceptors (Lipinski definition) is 2. The molecule has 0 aliphatic heterocycles. The molecule has 0 aliphatic rings. The number of unbranched alkanes of at least 4 members (excludes halogenated alkanes) is 8. The van der Waals surface area contributed by atoms with E-state index in [0.717, 1.165) is 16.6 Å². The van der Waals surface area contributed by atoms with Gasteiger partial charge >= 0.3 is 48.9 Å². The number of benzene rings is 1. The van der Waals surface area contributed by atoms with Crippen molar-refractivity contribution in [1.82, 2.24) is 0 Å². The number of rotatable bonds is 13. The Morgan fingerprint density at radius 2 is 1.44 bits per heavy atom. The van der Waals surface area contributed by atoms with E-state index in [2.05, 4.69) is 49.1 Å². The summed E-state index contributed by atoms with van der Waals surface area (Å²) in [4.78, 5) is 2.35. The monoisotopic (exact) mass is 505 g/mol. The summed E-state index contributed by atoms with van der Waals surface area (Å²) in [5.74, 6) is 1.15. The Balaban J connectivity index is -0.00000192. The van der Waals surface area contributed by atoms with Crippen LogP contribution >= 0.6 is 24.0 Å². The Hall–Kier alpha value is 1.03. The van der Waals surface area contributed by atoms with Crippen molar-refractivity contribution in [3.05, 3.63) is 30.3 Å². The van der Waals surface area contributed by atoms with Crippen LogP contribution in [-0.4, -0.2) is 65.5 Å². The summed E-state index contributed by atoms with van der Waals surface area (Å²) in [6, 6.07) is 10.7. The van der Waals surface area contributed by atoms with E-state index in [-0.39, 0.29) is 51.7 Å². The van der Waals surface area contributed by atoms with E-state index in [9.17, 15) is 0 Å². The summed E-state index contributed by atoms with van der Waals surface area (Å²) in [7, 11) is 0. The quantitative estimate of drug-likeness (QED) is 0.158. The fourth-order valence-corrected chi connectivity index (χ4v) is 4.07. The van der Waals surface area contributed by atoms with E-state index in [4.69, 9.17) is 12.2 Å². The van der Waals surface area contributed by atoms with E-state index in [0.29, 0.717) is 0 Å². The van der Waals surface area contributed by atoms with Crippen molar-refractivity contribution in [2.75, 3.05) is 17.2 Å². The second-order valence-corrected chi connectivity index (χ2v) is 8.16. The van der Waals surface area contributed by atoms with Gasteiger partial charge in [0.25, 0.3) is 0 Å². The van der Waals surface area contributed by atoms with Crippen molar-refractivity contribution in [2.24, 2.45) is 0 Å². The van der Waals surface area contributed by atoms with Gasteiger partial charge in [0.05, 0.1) is 0 Å². The van der Waals surface area contributed by atoms with Crippen LogP contribution in [0.4, 0.5) is 5.69 Å². The number of hydrogen-bond donors (Lipinski definition) is 0. The third-order valence-corrected chi connectivity index (χ3v) is 5.78. The van der Waals surface area contributed by atoms with Gasteiger partial charge in [-0.1, -0.05) is 107 Å². The molecule has 0 amide bonds. The summed E-state index contributed by atoms with van der Waals surface area (Å²) < 4.78 is 1.05. The molecule has 4 heteroatoms.